The van der Waals surface area contributed by atoms with Gasteiger partial charge in [-0.05, 0) is 12.1 Å². The zero-order valence-electron chi connectivity index (χ0n) is 12.4. The van der Waals surface area contributed by atoms with Gasteiger partial charge in [0.15, 0.2) is 11.5 Å². The van der Waals surface area contributed by atoms with Crippen LogP contribution in [0.5, 0.6) is 17.2 Å². The molecule has 1 aromatic heterocycles. The van der Waals surface area contributed by atoms with E-state index >= 15 is 0 Å². The molecule has 0 aliphatic heterocycles. The lowest BCUT2D eigenvalue weighted by Gasteiger charge is -2.13. The average Bonchev–Trinajstić information content (AvgIpc) is 2.87. The van der Waals surface area contributed by atoms with Crippen molar-refractivity contribution in [3.05, 3.63) is 31.1 Å². The zero-order valence-corrected chi connectivity index (χ0v) is 12.4. The van der Waals surface area contributed by atoms with E-state index < -0.39 is 0 Å². The van der Waals surface area contributed by atoms with Gasteiger partial charge in [-0.15, -0.1) is 6.58 Å². The van der Waals surface area contributed by atoms with E-state index in [1.165, 1.54) is 0 Å². The molecule has 6 heteroatoms. The predicted molar refractivity (Wildman–Crippen MR) is 81.9 cm³/mol. The van der Waals surface area contributed by atoms with Crippen LogP contribution in [-0.4, -0.2) is 30.9 Å². The second-order valence-electron chi connectivity index (χ2n) is 4.33. The molecule has 0 spiro atoms. The summed E-state index contributed by atoms with van der Waals surface area (Å²) in [5.41, 5.74) is 7.57. The van der Waals surface area contributed by atoms with Crippen LogP contribution in [0.2, 0.25) is 0 Å². The molecule has 0 aliphatic rings. The fraction of sp³-hybridized carbons (Fsp3) is 0.267. The number of nitrogens with two attached hydrogens (primary N) is 1. The van der Waals surface area contributed by atoms with Gasteiger partial charge in [0.1, 0.15) is 11.5 Å². The summed E-state index contributed by atoms with van der Waals surface area (Å²) in [5.74, 6) is 2.21. The summed E-state index contributed by atoms with van der Waals surface area (Å²) in [6.07, 6.45) is 3.44. The van der Waals surface area contributed by atoms with Crippen LogP contribution >= 0.6 is 0 Å². The van der Waals surface area contributed by atoms with Gasteiger partial charge < -0.3 is 24.5 Å². The minimum Gasteiger partial charge on any atom is -0.493 e. The normalized spacial score (nSPS) is 10.2. The summed E-state index contributed by atoms with van der Waals surface area (Å²) in [7, 11) is 4.70. The smallest absolute Gasteiger partial charge is 0.203 e. The Morgan fingerprint density at radius 1 is 1.19 bits per heavy atom. The van der Waals surface area contributed by atoms with Gasteiger partial charge >= 0.3 is 0 Å². The van der Waals surface area contributed by atoms with Gasteiger partial charge in [0, 0.05) is 12.1 Å². The van der Waals surface area contributed by atoms with Crippen LogP contribution in [0.4, 0.5) is 5.82 Å². The van der Waals surface area contributed by atoms with Crippen LogP contribution in [0.1, 0.15) is 0 Å². The van der Waals surface area contributed by atoms with Gasteiger partial charge in [-0.25, -0.2) is 4.98 Å². The highest BCUT2D eigenvalue weighted by Crippen LogP contribution is 2.41. The van der Waals surface area contributed by atoms with Crippen molar-refractivity contribution in [1.82, 2.24) is 9.55 Å². The molecular formula is C15H19N3O3. The van der Waals surface area contributed by atoms with E-state index in [2.05, 4.69) is 11.6 Å². The summed E-state index contributed by atoms with van der Waals surface area (Å²) in [6, 6.07) is 3.64. The van der Waals surface area contributed by atoms with Crippen molar-refractivity contribution in [2.45, 2.75) is 6.54 Å². The van der Waals surface area contributed by atoms with E-state index in [9.17, 15) is 0 Å². The molecule has 1 heterocycles. The SMILES string of the molecule is C=CCn1cnc(-c2cc(OC)c(OC)c(OC)c2)c1N. The number of allylic oxidation sites excluding steroid dienone is 1. The van der Waals surface area contributed by atoms with E-state index in [0.717, 1.165) is 5.56 Å². The van der Waals surface area contributed by atoms with Crippen molar-refractivity contribution >= 4 is 5.82 Å². The van der Waals surface area contributed by atoms with Crippen molar-refractivity contribution < 1.29 is 14.2 Å². The minimum absolute atomic E-state index is 0.535. The monoisotopic (exact) mass is 289 g/mol. The number of ether oxygens (including phenoxy) is 3. The first-order valence-corrected chi connectivity index (χ1v) is 6.38. The van der Waals surface area contributed by atoms with E-state index in [-0.39, 0.29) is 0 Å². The van der Waals surface area contributed by atoms with Gasteiger partial charge in [-0.1, -0.05) is 6.08 Å². The van der Waals surface area contributed by atoms with E-state index in [1.807, 2.05) is 16.7 Å². The Balaban J connectivity index is 2.56. The van der Waals surface area contributed by atoms with Crippen molar-refractivity contribution in [3.8, 4) is 28.5 Å². The number of imidazole rings is 1. The van der Waals surface area contributed by atoms with E-state index in [4.69, 9.17) is 19.9 Å². The molecule has 0 radical (unpaired) electrons. The molecule has 0 amide bonds. The molecule has 2 rings (SSSR count). The maximum Gasteiger partial charge on any atom is 0.203 e. The third-order valence-corrected chi connectivity index (χ3v) is 3.14. The van der Waals surface area contributed by atoms with Crippen LogP contribution in [-0.2, 0) is 6.54 Å². The fourth-order valence-corrected chi connectivity index (χ4v) is 2.12. The minimum atomic E-state index is 0.535. The molecule has 0 unspecified atom stereocenters. The lowest BCUT2D eigenvalue weighted by molar-refractivity contribution is 0.324. The number of nitrogen functional groups attached to an aromatic ring is 1. The Labute approximate surface area is 123 Å². The quantitative estimate of drug-likeness (QED) is 0.826. The first-order valence-electron chi connectivity index (χ1n) is 6.38. The van der Waals surface area contributed by atoms with Crippen LogP contribution in [0, 0.1) is 0 Å². The number of benzene rings is 1. The van der Waals surface area contributed by atoms with E-state index in [0.29, 0.717) is 35.3 Å². The van der Waals surface area contributed by atoms with Crippen LogP contribution in [0.3, 0.4) is 0 Å². The highest BCUT2D eigenvalue weighted by Gasteiger charge is 2.17. The molecule has 21 heavy (non-hydrogen) atoms. The average molecular weight is 289 g/mol. The Morgan fingerprint density at radius 2 is 1.81 bits per heavy atom. The molecule has 0 saturated heterocycles. The highest BCUT2D eigenvalue weighted by atomic mass is 16.5. The Kier molecular flexibility index (Phi) is 4.37. The number of rotatable bonds is 6. The topological polar surface area (TPSA) is 71.5 Å². The van der Waals surface area contributed by atoms with Gasteiger partial charge in [-0.3, -0.25) is 0 Å². The molecule has 0 atom stereocenters. The van der Waals surface area contributed by atoms with Gasteiger partial charge in [0.2, 0.25) is 5.75 Å². The third kappa shape index (κ3) is 2.65. The third-order valence-electron chi connectivity index (χ3n) is 3.14. The standard InChI is InChI=1S/C15H19N3O3/c1-5-6-18-9-17-13(15(18)16)10-7-11(19-2)14(21-4)12(8-10)20-3/h5,7-9H,1,6,16H2,2-4H3. The lowest BCUT2D eigenvalue weighted by Crippen LogP contribution is -2.01. The second-order valence-corrected chi connectivity index (χ2v) is 4.33. The molecular weight excluding hydrogens is 270 g/mol. The molecule has 0 bridgehead atoms. The Bertz CT molecular complexity index is 625. The molecule has 2 aromatic rings. The first kappa shape index (κ1) is 14.8. The fourth-order valence-electron chi connectivity index (χ4n) is 2.12. The Morgan fingerprint density at radius 3 is 2.29 bits per heavy atom. The molecule has 6 nitrogen and oxygen atoms in total. The summed E-state index contributed by atoms with van der Waals surface area (Å²) in [6.45, 7) is 4.30. The summed E-state index contributed by atoms with van der Waals surface area (Å²) < 4.78 is 17.8. The molecule has 1 aromatic carbocycles. The lowest BCUT2D eigenvalue weighted by atomic mass is 10.1. The zero-order chi connectivity index (χ0) is 15.4. The largest absolute Gasteiger partial charge is 0.493 e. The van der Waals surface area contributed by atoms with Gasteiger partial charge in [-0.2, -0.15) is 0 Å². The van der Waals surface area contributed by atoms with Crippen molar-refractivity contribution in [2.75, 3.05) is 27.1 Å². The predicted octanol–water partition coefficient (Wildman–Crippen LogP) is 2.34. The van der Waals surface area contributed by atoms with Crippen molar-refractivity contribution in [3.63, 3.8) is 0 Å². The van der Waals surface area contributed by atoms with Gasteiger partial charge in [0.25, 0.3) is 0 Å². The maximum atomic E-state index is 6.11. The molecule has 0 fully saturated rings. The van der Waals surface area contributed by atoms with Crippen LogP contribution in [0.25, 0.3) is 11.3 Å². The Hall–Kier alpha value is -2.63. The first-order chi connectivity index (χ1) is 10.2. The molecule has 2 N–H and O–H groups in total. The molecule has 0 saturated carbocycles. The number of hydrogen-bond acceptors (Lipinski definition) is 5. The summed E-state index contributed by atoms with van der Waals surface area (Å²) >= 11 is 0. The number of anilines is 1. The van der Waals surface area contributed by atoms with Crippen LogP contribution < -0.4 is 19.9 Å². The second kappa shape index (κ2) is 6.21. The number of hydrogen-bond donors (Lipinski definition) is 1. The van der Waals surface area contributed by atoms with E-state index in [1.54, 1.807) is 33.7 Å². The molecule has 0 aliphatic carbocycles. The highest BCUT2D eigenvalue weighted by molar-refractivity contribution is 5.75. The van der Waals surface area contributed by atoms with Crippen molar-refractivity contribution in [1.29, 1.82) is 0 Å². The maximum absolute atomic E-state index is 6.11. The summed E-state index contributed by atoms with van der Waals surface area (Å²) in [5, 5.41) is 0. The number of methoxy groups -OCH3 is 3. The van der Waals surface area contributed by atoms with Crippen LogP contribution in [0.15, 0.2) is 31.1 Å². The summed E-state index contributed by atoms with van der Waals surface area (Å²) in [4.78, 5) is 4.35. The van der Waals surface area contributed by atoms with Crippen molar-refractivity contribution in [2.24, 2.45) is 0 Å². The number of nitrogens with zero attached hydrogens (tertiary/aromatic N) is 2. The molecule has 112 valence electrons. The van der Waals surface area contributed by atoms with Gasteiger partial charge in [0.05, 0.1) is 27.7 Å². The number of aromatic nitrogens is 2.